The van der Waals surface area contributed by atoms with Crippen molar-refractivity contribution in [2.45, 2.75) is 39.7 Å². The van der Waals surface area contributed by atoms with E-state index in [1.54, 1.807) is 0 Å². The Kier molecular flexibility index (Phi) is 4.57. The Bertz CT molecular complexity index is 783. The Balaban J connectivity index is 1.40. The van der Waals surface area contributed by atoms with Crippen molar-refractivity contribution in [2.24, 2.45) is 5.41 Å². The van der Waals surface area contributed by atoms with Gasteiger partial charge in [-0.25, -0.2) is 0 Å². The van der Waals surface area contributed by atoms with Crippen molar-refractivity contribution in [1.82, 2.24) is 15.0 Å². The third-order valence-corrected chi connectivity index (χ3v) is 5.81. The second-order valence-electron chi connectivity index (χ2n) is 7.83. The molecule has 1 amide bonds. The van der Waals surface area contributed by atoms with Gasteiger partial charge < -0.3 is 9.42 Å². The van der Waals surface area contributed by atoms with Crippen LogP contribution in [0.4, 0.5) is 0 Å². The van der Waals surface area contributed by atoms with Gasteiger partial charge in [0.2, 0.25) is 5.91 Å². The molecule has 0 radical (unpaired) electrons. The first-order valence-electron chi connectivity index (χ1n) is 9.64. The zero-order valence-electron chi connectivity index (χ0n) is 15.7. The highest BCUT2D eigenvalue weighted by Crippen LogP contribution is 2.41. The first-order chi connectivity index (χ1) is 12.6. The summed E-state index contributed by atoms with van der Waals surface area (Å²) in [5, 5.41) is 4.22. The maximum Gasteiger partial charge on any atom is 0.230 e. The van der Waals surface area contributed by atoms with Gasteiger partial charge >= 0.3 is 0 Å². The smallest absolute Gasteiger partial charge is 0.230 e. The second kappa shape index (κ2) is 6.88. The molecule has 138 valence electrons. The normalized spacial score (nSPS) is 23.5. The number of nitrogens with zero attached hydrogens (tertiary/aromatic N) is 3. The van der Waals surface area contributed by atoms with Gasteiger partial charge in [-0.05, 0) is 32.7 Å². The van der Waals surface area contributed by atoms with Crippen molar-refractivity contribution in [3.63, 3.8) is 0 Å². The third kappa shape index (κ3) is 3.16. The SMILES string of the molecule is CCCN1CCC2(CCN(Cc3cc(-c4ccc(C)cc4)no3)C2)C1=O. The summed E-state index contributed by atoms with van der Waals surface area (Å²) in [4.78, 5) is 17.2. The van der Waals surface area contributed by atoms with Gasteiger partial charge in [-0.15, -0.1) is 0 Å². The third-order valence-electron chi connectivity index (χ3n) is 5.81. The minimum Gasteiger partial charge on any atom is -0.359 e. The van der Waals surface area contributed by atoms with Crippen LogP contribution in [0.5, 0.6) is 0 Å². The lowest BCUT2D eigenvalue weighted by Gasteiger charge is -2.23. The lowest BCUT2D eigenvalue weighted by molar-refractivity contribution is -0.135. The van der Waals surface area contributed by atoms with Gasteiger partial charge in [0.15, 0.2) is 5.76 Å². The van der Waals surface area contributed by atoms with E-state index in [-0.39, 0.29) is 5.41 Å². The Morgan fingerprint density at radius 1 is 1.19 bits per heavy atom. The van der Waals surface area contributed by atoms with Gasteiger partial charge in [-0.1, -0.05) is 41.9 Å². The predicted octanol–water partition coefficient (Wildman–Crippen LogP) is 3.48. The van der Waals surface area contributed by atoms with Crippen molar-refractivity contribution in [2.75, 3.05) is 26.2 Å². The van der Waals surface area contributed by atoms with E-state index in [2.05, 4.69) is 48.2 Å². The van der Waals surface area contributed by atoms with Crippen LogP contribution in [0, 0.1) is 12.3 Å². The van der Waals surface area contributed by atoms with E-state index < -0.39 is 0 Å². The molecule has 0 N–H and O–H groups in total. The zero-order chi connectivity index (χ0) is 18.1. The molecule has 1 aromatic heterocycles. The van der Waals surface area contributed by atoms with Crippen LogP contribution in [0.2, 0.25) is 0 Å². The average molecular weight is 353 g/mol. The second-order valence-corrected chi connectivity index (χ2v) is 7.83. The summed E-state index contributed by atoms with van der Waals surface area (Å²) in [5.74, 6) is 1.23. The highest BCUT2D eigenvalue weighted by atomic mass is 16.5. The average Bonchev–Trinajstić information content (AvgIpc) is 3.33. The Labute approximate surface area is 155 Å². The lowest BCUT2D eigenvalue weighted by atomic mass is 9.85. The largest absolute Gasteiger partial charge is 0.359 e. The fraction of sp³-hybridized carbons (Fsp3) is 0.524. The predicted molar refractivity (Wildman–Crippen MR) is 100 cm³/mol. The molecule has 26 heavy (non-hydrogen) atoms. The highest BCUT2D eigenvalue weighted by molar-refractivity contribution is 5.85. The minimum absolute atomic E-state index is 0.158. The van der Waals surface area contributed by atoms with E-state index in [0.29, 0.717) is 5.91 Å². The van der Waals surface area contributed by atoms with Crippen LogP contribution in [0.15, 0.2) is 34.9 Å². The lowest BCUT2D eigenvalue weighted by Crippen LogP contribution is -2.37. The fourth-order valence-electron chi connectivity index (χ4n) is 4.32. The first kappa shape index (κ1) is 17.3. The van der Waals surface area contributed by atoms with E-state index in [0.717, 1.165) is 69.0 Å². The van der Waals surface area contributed by atoms with Gasteiger partial charge in [0, 0.05) is 31.3 Å². The van der Waals surface area contributed by atoms with Crippen LogP contribution in [-0.2, 0) is 11.3 Å². The van der Waals surface area contributed by atoms with Gasteiger partial charge in [0.25, 0.3) is 0 Å². The molecule has 1 spiro atoms. The molecule has 2 aliphatic rings. The molecule has 2 saturated heterocycles. The zero-order valence-corrected chi connectivity index (χ0v) is 15.7. The Hall–Kier alpha value is -2.14. The quantitative estimate of drug-likeness (QED) is 0.826. The summed E-state index contributed by atoms with van der Waals surface area (Å²) in [7, 11) is 0. The maximum atomic E-state index is 12.8. The molecule has 4 rings (SSSR count). The van der Waals surface area contributed by atoms with Gasteiger partial charge in [-0.2, -0.15) is 0 Å². The maximum absolute atomic E-state index is 12.8. The van der Waals surface area contributed by atoms with Gasteiger partial charge in [-0.3, -0.25) is 9.69 Å². The summed E-state index contributed by atoms with van der Waals surface area (Å²) in [6, 6.07) is 10.3. The molecule has 0 saturated carbocycles. The van der Waals surface area contributed by atoms with Crippen LogP contribution < -0.4 is 0 Å². The summed E-state index contributed by atoms with van der Waals surface area (Å²) in [5.41, 5.74) is 3.03. The molecule has 0 aliphatic carbocycles. The van der Waals surface area contributed by atoms with Crippen LogP contribution >= 0.6 is 0 Å². The minimum atomic E-state index is -0.158. The van der Waals surface area contributed by atoms with E-state index >= 15 is 0 Å². The molecule has 2 aliphatic heterocycles. The van der Waals surface area contributed by atoms with Gasteiger partial charge in [0.1, 0.15) is 5.69 Å². The van der Waals surface area contributed by atoms with Crippen LogP contribution in [0.25, 0.3) is 11.3 Å². The number of carbonyl (C=O) groups excluding carboxylic acids is 1. The molecule has 5 heteroatoms. The summed E-state index contributed by atoms with van der Waals surface area (Å²) >= 11 is 0. The number of hydrogen-bond donors (Lipinski definition) is 0. The van der Waals surface area contributed by atoms with E-state index in [1.165, 1.54) is 5.56 Å². The number of benzene rings is 1. The molecule has 2 aromatic rings. The monoisotopic (exact) mass is 353 g/mol. The number of carbonyl (C=O) groups is 1. The van der Waals surface area contributed by atoms with Crippen LogP contribution in [0.3, 0.4) is 0 Å². The molecular weight excluding hydrogens is 326 g/mol. The van der Waals surface area contributed by atoms with Crippen molar-refractivity contribution in [3.05, 3.63) is 41.7 Å². The van der Waals surface area contributed by atoms with E-state index in [4.69, 9.17) is 4.52 Å². The van der Waals surface area contributed by atoms with Crippen LogP contribution in [0.1, 0.15) is 37.5 Å². The Morgan fingerprint density at radius 2 is 1.96 bits per heavy atom. The first-order valence-corrected chi connectivity index (χ1v) is 9.64. The topological polar surface area (TPSA) is 49.6 Å². The molecule has 1 aromatic carbocycles. The van der Waals surface area contributed by atoms with Crippen molar-refractivity contribution < 1.29 is 9.32 Å². The van der Waals surface area contributed by atoms with Crippen molar-refractivity contribution >= 4 is 5.91 Å². The molecule has 5 nitrogen and oxygen atoms in total. The number of hydrogen-bond acceptors (Lipinski definition) is 4. The molecule has 1 unspecified atom stereocenters. The fourth-order valence-corrected chi connectivity index (χ4v) is 4.32. The van der Waals surface area contributed by atoms with Crippen molar-refractivity contribution in [1.29, 1.82) is 0 Å². The number of likely N-dealkylation sites (tertiary alicyclic amines) is 2. The summed E-state index contributed by atoms with van der Waals surface area (Å²) in [6.45, 7) is 8.53. The van der Waals surface area contributed by atoms with Gasteiger partial charge in [0.05, 0.1) is 12.0 Å². The molecule has 0 bridgehead atoms. The molecule has 3 heterocycles. The van der Waals surface area contributed by atoms with Crippen LogP contribution in [-0.4, -0.2) is 47.0 Å². The summed E-state index contributed by atoms with van der Waals surface area (Å²) in [6.07, 6.45) is 2.99. The Morgan fingerprint density at radius 3 is 2.73 bits per heavy atom. The number of aryl methyl sites for hydroxylation is 1. The van der Waals surface area contributed by atoms with E-state index in [9.17, 15) is 4.79 Å². The molecular formula is C21H27N3O2. The standard InChI is InChI=1S/C21H27N3O2/c1-3-10-24-12-9-21(20(24)25)8-11-23(15-21)14-18-13-19(22-26-18)17-6-4-16(2)5-7-17/h4-7,13H,3,8-12,14-15H2,1-2H3. The molecule has 1 atom stereocenters. The number of aromatic nitrogens is 1. The van der Waals surface area contributed by atoms with E-state index in [1.807, 2.05) is 11.0 Å². The number of amides is 1. The highest BCUT2D eigenvalue weighted by Gasteiger charge is 2.50. The summed E-state index contributed by atoms with van der Waals surface area (Å²) < 4.78 is 5.56. The number of rotatable bonds is 5. The van der Waals surface area contributed by atoms with Crippen molar-refractivity contribution in [3.8, 4) is 11.3 Å². The molecule has 2 fully saturated rings.